The van der Waals surface area contributed by atoms with Gasteiger partial charge in [0.1, 0.15) is 0 Å². The van der Waals surface area contributed by atoms with Crippen molar-refractivity contribution >= 4 is 22.5 Å². The quantitative estimate of drug-likeness (QED) is 0.828. The normalized spacial score (nSPS) is 16.2. The largest absolute Gasteiger partial charge is 0.416 e. The van der Waals surface area contributed by atoms with Crippen LogP contribution in [0.2, 0.25) is 0 Å². The smallest absolute Gasteiger partial charge is 0.369 e. The summed E-state index contributed by atoms with van der Waals surface area (Å²) in [4.78, 5) is 20.0. The third kappa shape index (κ3) is 3.70. The molecule has 1 aliphatic heterocycles. The second kappa shape index (κ2) is 6.90. The highest BCUT2D eigenvalue weighted by molar-refractivity contribution is 5.92. The Morgan fingerprint density at radius 1 is 1.16 bits per heavy atom. The third-order valence-corrected chi connectivity index (χ3v) is 4.54. The Kier molecular flexibility index (Phi) is 4.83. The average Bonchev–Trinajstić information content (AvgIpc) is 2.85. The zero-order valence-electron chi connectivity index (χ0n) is 14.0. The summed E-state index contributed by atoms with van der Waals surface area (Å²) in [5.74, 6) is 0.135. The van der Waals surface area contributed by atoms with Crippen molar-refractivity contribution in [2.75, 3.05) is 31.1 Å². The van der Waals surface area contributed by atoms with Gasteiger partial charge in [0.15, 0.2) is 0 Å². The number of pyridine rings is 1. The van der Waals surface area contributed by atoms with Crippen LogP contribution in [-0.4, -0.2) is 42.0 Å². The molecular weight excluding hydrogens is 331 g/mol. The van der Waals surface area contributed by atoms with Crippen LogP contribution in [0.15, 0.2) is 30.5 Å². The van der Waals surface area contributed by atoms with E-state index in [2.05, 4.69) is 9.88 Å². The summed E-state index contributed by atoms with van der Waals surface area (Å²) < 4.78 is 38.7. The highest BCUT2D eigenvalue weighted by Gasteiger charge is 2.31. The van der Waals surface area contributed by atoms with Crippen LogP contribution < -0.4 is 4.90 Å². The molecule has 0 saturated carbocycles. The maximum atomic E-state index is 12.9. The first-order valence-electron chi connectivity index (χ1n) is 8.39. The highest BCUT2D eigenvalue weighted by atomic mass is 19.4. The predicted octanol–water partition coefficient (Wildman–Crippen LogP) is 3.70. The standard InChI is InChI=1S/C18H20F3N3O/c1-2-17(25)24-9-3-8-23(10-11-24)16-6-7-22-15-12-13(18(19,20)21)4-5-14(15)16/h4-7,12H,2-3,8-11H2,1H3. The number of aromatic nitrogens is 1. The highest BCUT2D eigenvalue weighted by Crippen LogP contribution is 2.33. The maximum Gasteiger partial charge on any atom is 0.416 e. The number of hydrogen-bond acceptors (Lipinski definition) is 3. The number of benzene rings is 1. The lowest BCUT2D eigenvalue weighted by molar-refractivity contribution is -0.137. The molecule has 134 valence electrons. The summed E-state index contributed by atoms with van der Waals surface area (Å²) in [5.41, 5.74) is 0.503. The fraction of sp³-hybridized carbons (Fsp3) is 0.444. The van der Waals surface area contributed by atoms with Gasteiger partial charge in [0, 0.05) is 49.9 Å². The molecule has 0 N–H and O–H groups in total. The lowest BCUT2D eigenvalue weighted by Gasteiger charge is -2.25. The van der Waals surface area contributed by atoms with E-state index in [0.717, 1.165) is 30.8 Å². The number of rotatable bonds is 2. The van der Waals surface area contributed by atoms with Gasteiger partial charge in [0.25, 0.3) is 0 Å². The minimum absolute atomic E-state index is 0.135. The van der Waals surface area contributed by atoms with E-state index in [1.807, 2.05) is 17.9 Å². The number of nitrogens with zero attached hydrogens (tertiary/aromatic N) is 3. The van der Waals surface area contributed by atoms with E-state index in [-0.39, 0.29) is 5.91 Å². The molecule has 3 rings (SSSR count). The van der Waals surface area contributed by atoms with Crippen LogP contribution in [0.25, 0.3) is 10.9 Å². The van der Waals surface area contributed by atoms with E-state index in [1.54, 1.807) is 0 Å². The molecule has 0 spiro atoms. The van der Waals surface area contributed by atoms with Crippen LogP contribution in [0.5, 0.6) is 0 Å². The molecule has 1 aromatic carbocycles. The molecule has 0 radical (unpaired) electrons. The number of fused-ring (bicyclic) bond motifs is 1. The summed E-state index contributed by atoms with van der Waals surface area (Å²) in [5, 5.41) is 0.700. The van der Waals surface area contributed by atoms with Crippen molar-refractivity contribution < 1.29 is 18.0 Å². The van der Waals surface area contributed by atoms with Gasteiger partial charge in [-0.1, -0.05) is 13.0 Å². The first-order valence-corrected chi connectivity index (χ1v) is 8.39. The second-order valence-electron chi connectivity index (χ2n) is 6.13. The summed E-state index contributed by atoms with van der Waals surface area (Å²) in [6.07, 6.45) is -1.53. The summed E-state index contributed by atoms with van der Waals surface area (Å²) >= 11 is 0. The minimum atomic E-state index is -4.38. The molecule has 0 bridgehead atoms. The van der Waals surface area contributed by atoms with Crippen LogP contribution in [0.1, 0.15) is 25.3 Å². The summed E-state index contributed by atoms with van der Waals surface area (Å²) in [7, 11) is 0. The van der Waals surface area contributed by atoms with Gasteiger partial charge in [0.2, 0.25) is 5.91 Å². The zero-order valence-corrected chi connectivity index (χ0v) is 14.0. The molecule has 0 atom stereocenters. The molecule has 7 heteroatoms. The van der Waals surface area contributed by atoms with Gasteiger partial charge in [-0.3, -0.25) is 9.78 Å². The molecule has 1 aromatic heterocycles. The number of anilines is 1. The molecule has 1 aliphatic rings. The van der Waals surface area contributed by atoms with E-state index in [0.29, 0.717) is 37.0 Å². The molecule has 1 amide bonds. The Bertz CT molecular complexity index is 776. The van der Waals surface area contributed by atoms with Gasteiger partial charge in [-0.05, 0) is 24.6 Å². The monoisotopic (exact) mass is 351 g/mol. The molecule has 0 aliphatic carbocycles. The molecule has 25 heavy (non-hydrogen) atoms. The van der Waals surface area contributed by atoms with Crippen molar-refractivity contribution in [1.29, 1.82) is 0 Å². The molecule has 0 unspecified atom stereocenters. The lowest BCUT2D eigenvalue weighted by Crippen LogP contribution is -2.34. The molecular formula is C18H20F3N3O. The number of carbonyl (C=O) groups excluding carboxylic acids is 1. The average molecular weight is 351 g/mol. The predicted molar refractivity (Wildman–Crippen MR) is 90.4 cm³/mol. The number of hydrogen-bond donors (Lipinski definition) is 0. The van der Waals surface area contributed by atoms with E-state index < -0.39 is 11.7 Å². The van der Waals surface area contributed by atoms with Gasteiger partial charge in [-0.25, -0.2) is 0 Å². The molecule has 2 heterocycles. The Morgan fingerprint density at radius 2 is 1.96 bits per heavy atom. The second-order valence-corrected chi connectivity index (χ2v) is 6.13. The van der Waals surface area contributed by atoms with Crippen molar-refractivity contribution in [3.8, 4) is 0 Å². The fourth-order valence-corrected chi connectivity index (χ4v) is 3.22. The van der Waals surface area contributed by atoms with Crippen molar-refractivity contribution in [2.24, 2.45) is 0 Å². The fourth-order valence-electron chi connectivity index (χ4n) is 3.22. The van der Waals surface area contributed by atoms with Crippen molar-refractivity contribution in [1.82, 2.24) is 9.88 Å². The molecule has 1 saturated heterocycles. The van der Waals surface area contributed by atoms with Crippen LogP contribution in [0.3, 0.4) is 0 Å². The Morgan fingerprint density at radius 3 is 2.68 bits per heavy atom. The molecule has 2 aromatic rings. The Hall–Kier alpha value is -2.31. The van der Waals surface area contributed by atoms with Gasteiger partial charge in [-0.2, -0.15) is 13.2 Å². The first-order chi connectivity index (χ1) is 11.9. The van der Waals surface area contributed by atoms with E-state index in [9.17, 15) is 18.0 Å². The topological polar surface area (TPSA) is 36.4 Å². The third-order valence-electron chi connectivity index (χ3n) is 4.54. The molecule has 1 fully saturated rings. The van der Waals surface area contributed by atoms with E-state index in [4.69, 9.17) is 0 Å². The lowest BCUT2D eigenvalue weighted by atomic mass is 10.1. The number of carbonyl (C=O) groups is 1. The van der Waals surface area contributed by atoms with Gasteiger partial charge in [-0.15, -0.1) is 0 Å². The Labute approximate surface area is 144 Å². The maximum absolute atomic E-state index is 12.9. The minimum Gasteiger partial charge on any atom is -0.369 e. The summed E-state index contributed by atoms with van der Waals surface area (Å²) in [6.45, 7) is 4.60. The van der Waals surface area contributed by atoms with Gasteiger partial charge >= 0.3 is 6.18 Å². The van der Waals surface area contributed by atoms with Crippen LogP contribution in [0.4, 0.5) is 18.9 Å². The van der Waals surface area contributed by atoms with E-state index in [1.165, 1.54) is 12.3 Å². The number of halogens is 3. The van der Waals surface area contributed by atoms with Crippen LogP contribution >= 0.6 is 0 Å². The number of amides is 1. The first kappa shape index (κ1) is 17.5. The zero-order chi connectivity index (χ0) is 18.0. The van der Waals surface area contributed by atoms with E-state index >= 15 is 0 Å². The van der Waals surface area contributed by atoms with Crippen molar-refractivity contribution in [3.05, 3.63) is 36.0 Å². The number of alkyl halides is 3. The summed E-state index contributed by atoms with van der Waals surface area (Å²) in [6, 6.07) is 5.50. The van der Waals surface area contributed by atoms with Crippen LogP contribution in [0, 0.1) is 0 Å². The van der Waals surface area contributed by atoms with Crippen molar-refractivity contribution in [2.45, 2.75) is 25.9 Å². The Balaban J connectivity index is 1.89. The van der Waals surface area contributed by atoms with Gasteiger partial charge < -0.3 is 9.80 Å². The van der Waals surface area contributed by atoms with Crippen LogP contribution in [-0.2, 0) is 11.0 Å². The SMILES string of the molecule is CCC(=O)N1CCCN(c2ccnc3cc(C(F)(F)F)ccc23)CC1. The van der Waals surface area contributed by atoms with Gasteiger partial charge in [0.05, 0.1) is 11.1 Å². The molecule has 4 nitrogen and oxygen atoms in total. The van der Waals surface area contributed by atoms with Crippen molar-refractivity contribution in [3.63, 3.8) is 0 Å².